The van der Waals surface area contributed by atoms with Gasteiger partial charge in [0.15, 0.2) is 5.22 Å². The maximum atomic E-state index is 13.2. The summed E-state index contributed by atoms with van der Waals surface area (Å²) in [6, 6.07) is 7.30. The van der Waals surface area contributed by atoms with E-state index < -0.39 is 34.8 Å². The lowest BCUT2D eigenvalue weighted by Gasteiger charge is -2.31. The van der Waals surface area contributed by atoms with Crippen LogP contribution in [-0.2, 0) is 20.8 Å². The predicted octanol–water partition coefficient (Wildman–Crippen LogP) is 1.10. The van der Waals surface area contributed by atoms with Gasteiger partial charge in [-0.15, -0.1) is 0 Å². The summed E-state index contributed by atoms with van der Waals surface area (Å²) in [7, 11) is 1.48. The van der Waals surface area contributed by atoms with E-state index in [1.54, 1.807) is 0 Å². The normalized spacial score (nSPS) is 13.7. The van der Waals surface area contributed by atoms with Gasteiger partial charge >= 0.3 is 0 Å². The van der Waals surface area contributed by atoms with E-state index in [-0.39, 0.29) is 25.8 Å². The van der Waals surface area contributed by atoms with Crippen LogP contribution in [-0.4, -0.2) is 64.2 Å². The van der Waals surface area contributed by atoms with Crippen molar-refractivity contribution >= 4 is 18.2 Å². The Morgan fingerprint density at radius 3 is 2.52 bits per heavy atom. The molecule has 0 radical (unpaired) electrons. The third-order valence-electron chi connectivity index (χ3n) is 5.03. The van der Waals surface area contributed by atoms with Crippen LogP contribution < -0.4 is 11.1 Å². The average molecular weight is 466 g/mol. The van der Waals surface area contributed by atoms with E-state index >= 15 is 0 Å². The van der Waals surface area contributed by atoms with Crippen LogP contribution in [0.4, 0.5) is 0 Å². The molecule has 1 aromatic carbocycles. The van der Waals surface area contributed by atoms with Crippen LogP contribution in [0.3, 0.4) is 0 Å². The fourth-order valence-corrected chi connectivity index (χ4v) is 3.40. The first-order valence-corrected chi connectivity index (χ1v) is 10.5. The van der Waals surface area contributed by atoms with Gasteiger partial charge in [0.05, 0.1) is 23.5 Å². The molecule has 0 heterocycles. The molecule has 33 heavy (non-hydrogen) atoms. The standard InChI is InChI=1S/C20H31N7O6/c1-3-8-18(26(31)14-28)16(13-15-9-5-4-6-10-15)20(30)22-17(19(21)29)11-7-12-25(2)23-24-27(32)33/h4-6,9-10,14,16-18,31H,3,7-8,11-13H2,1-2H3,(H2,21,29)(H,22,30)/t16-,17+,18+/m1/s1. The molecule has 3 atom stereocenters. The number of benzene rings is 1. The lowest BCUT2D eigenvalue weighted by molar-refractivity contribution is -0.496. The molecule has 1 aromatic rings. The third kappa shape index (κ3) is 10.0. The number of nitrogens with one attached hydrogen (secondary N) is 1. The van der Waals surface area contributed by atoms with Gasteiger partial charge in [0.2, 0.25) is 23.4 Å². The van der Waals surface area contributed by atoms with Crippen molar-refractivity contribution in [2.75, 3.05) is 13.6 Å². The molecule has 4 N–H and O–H groups in total. The van der Waals surface area contributed by atoms with Gasteiger partial charge in [-0.1, -0.05) is 43.7 Å². The number of primary amides is 1. The van der Waals surface area contributed by atoms with Crippen molar-refractivity contribution in [3.63, 3.8) is 0 Å². The van der Waals surface area contributed by atoms with Crippen LogP contribution in [0.25, 0.3) is 0 Å². The van der Waals surface area contributed by atoms with Crippen LogP contribution in [0.15, 0.2) is 40.8 Å². The first-order chi connectivity index (χ1) is 15.7. The molecule has 0 fully saturated rings. The van der Waals surface area contributed by atoms with E-state index in [0.29, 0.717) is 24.3 Å². The van der Waals surface area contributed by atoms with Crippen molar-refractivity contribution in [3.05, 3.63) is 46.0 Å². The van der Waals surface area contributed by atoms with E-state index in [0.717, 1.165) is 5.56 Å². The summed E-state index contributed by atoms with van der Waals surface area (Å²) in [6.45, 7) is 2.10. The molecule has 0 aromatic heterocycles. The first-order valence-electron chi connectivity index (χ1n) is 10.5. The number of hydroxylamine groups is 2. The Hall–Kier alpha value is -3.61. The summed E-state index contributed by atoms with van der Waals surface area (Å²) in [4.78, 5) is 46.6. The molecule has 0 aliphatic heterocycles. The van der Waals surface area contributed by atoms with Crippen LogP contribution in [0.1, 0.15) is 38.2 Å². The topological polar surface area (TPSA) is 184 Å². The molecule has 13 heteroatoms. The third-order valence-corrected chi connectivity index (χ3v) is 5.03. The SMILES string of the molecule is CCC[C@@H]([C@@H](Cc1ccccc1)C(=O)N[C@@H](CCCN(C)N=N[N+](=O)[O-])C(N)=O)N(O)C=O. The van der Waals surface area contributed by atoms with Crippen LogP contribution in [0.2, 0.25) is 0 Å². The quantitative estimate of drug-likeness (QED) is 0.107. The Bertz CT molecular complexity index is 807. The highest BCUT2D eigenvalue weighted by Crippen LogP contribution is 2.21. The molecule has 0 aliphatic rings. The zero-order valence-corrected chi connectivity index (χ0v) is 18.7. The summed E-state index contributed by atoms with van der Waals surface area (Å²) < 4.78 is 0. The number of carbonyl (C=O) groups excluding carboxylic acids is 3. The lowest BCUT2D eigenvalue weighted by atomic mass is 9.88. The number of carbonyl (C=O) groups is 3. The van der Waals surface area contributed by atoms with E-state index in [4.69, 9.17) is 5.73 Å². The van der Waals surface area contributed by atoms with Crippen molar-refractivity contribution in [1.82, 2.24) is 15.4 Å². The highest BCUT2D eigenvalue weighted by Gasteiger charge is 2.33. The summed E-state index contributed by atoms with van der Waals surface area (Å²) in [6.07, 6.45) is 1.96. The fraction of sp³-hybridized carbons (Fsp3) is 0.550. The van der Waals surface area contributed by atoms with E-state index in [2.05, 4.69) is 15.8 Å². The molecule has 0 saturated carbocycles. The van der Waals surface area contributed by atoms with Gasteiger partial charge < -0.3 is 21.2 Å². The second kappa shape index (κ2) is 14.5. The Balaban J connectivity index is 2.94. The van der Waals surface area contributed by atoms with Crippen LogP contribution in [0, 0.1) is 16.0 Å². The summed E-state index contributed by atoms with van der Waals surface area (Å²) in [5, 5.41) is 29.9. The zero-order chi connectivity index (χ0) is 24.8. The minimum Gasteiger partial charge on any atom is -0.368 e. The first kappa shape index (κ1) is 27.4. The maximum absolute atomic E-state index is 13.2. The minimum absolute atomic E-state index is 0.159. The monoisotopic (exact) mass is 465 g/mol. The summed E-state index contributed by atoms with van der Waals surface area (Å²) in [5.41, 5.74) is 6.28. The molecule has 1 rings (SSSR count). The number of nitrogens with zero attached hydrogens (tertiary/aromatic N) is 5. The Morgan fingerprint density at radius 2 is 1.97 bits per heavy atom. The lowest BCUT2D eigenvalue weighted by Crippen LogP contribution is -2.52. The van der Waals surface area contributed by atoms with E-state index in [1.165, 1.54) is 12.1 Å². The Labute approximate surface area is 191 Å². The molecular formula is C20H31N7O6. The fourth-order valence-electron chi connectivity index (χ4n) is 3.40. The largest absolute Gasteiger partial charge is 0.368 e. The number of nitrogens with two attached hydrogens (primary N) is 1. The van der Waals surface area contributed by atoms with Crippen LogP contribution >= 0.6 is 0 Å². The van der Waals surface area contributed by atoms with Gasteiger partial charge in [0.25, 0.3) is 0 Å². The second-order valence-electron chi connectivity index (χ2n) is 7.54. The second-order valence-corrected chi connectivity index (χ2v) is 7.54. The van der Waals surface area contributed by atoms with Crippen molar-refractivity contribution in [3.8, 4) is 0 Å². The molecule has 13 nitrogen and oxygen atoms in total. The highest BCUT2D eigenvalue weighted by molar-refractivity contribution is 5.88. The van der Waals surface area contributed by atoms with E-state index in [9.17, 15) is 29.7 Å². The molecule has 182 valence electrons. The Morgan fingerprint density at radius 1 is 1.30 bits per heavy atom. The molecule has 0 spiro atoms. The van der Waals surface area contributed by atoms with Gasteiger partial charge in [0, 0.05) is 7.05 Å². The molecular weight excluding hydrogens is 434 g/mol. The van der Waals surface area contributed by atoms with Gasteiger partial charge in [-0.25, -0.2) is 5.06 Å². The number of amides is 3. The van der Waals surface area contributed by atoms with Gasteiger partial charge in [-0.3, -0.25) is 19.6 Å². The molecule has 0 unspecified atom stereocenters. The van der Waals surface area contributed by atoms with Crippen molar-refractivity contribution in [2.24, 2.45) is 22.1 Å². The molecule has 0 saturated heterocycles. The summed E-state index contributed by atoms with van der Waals surface area (Å²) >= 11 is 0. The van der Waals surface area contributed by atoms with Crippen LogP contribution in [0.5, 0.6) is 0 Å². The molecule has 0 aliphatic carbocycles. The van der Waals surface area contributed by atoms with Crippen molar-refractivity contribution in [2.45, 2.75) is 51.1 Å². The molecule has 3 amide bonds. The number of hydrogen-bond donors (Lipinski definition) is 3. The predicted molar refractivity (Wildman–Crippen MR) is 117 cm³/mol. The Kier molecular flexibility index (Phi) is 12.0. The number of hydrogen-bond acceptors (Lipinski definition) is 7. The zero-order valence-electron chi connectivity index (χ0n) is 18.7. The van der Waals surface area contributed by atoms with Crippen molar-refractivity contribution < 1.29 is 24.6 Å². The maximum Gasteiger partial charge on any atom is 0.240 e. The molecule has 0 bridgehead atoms. The van der Waals surface area contributed by atoms with Gasteiger partial charge in [0.1, 0.15) is 6.04 Å². The van der Waals surface area contributed by atoms with E-state index in [1.807, 2.05) is 37.3 Å². The van der Waals surface area contributed by atoms with Gasteiger partial charge in [-0.2, -0.15) is 5.01 Å². The average Bonchev–Trinajstić information content (AvgIpc) is 2.79. The van der Waals surface area contributed by atoms with Gasteiger partial charge in [-0.05, 0) is 31.2 Å². The smallest absolute Gasteiger partial charge is 0.240 e. The highest BCUT2D eigenvalue weighted by atomic mass is 16.7. The number of nitro groups is 1. The summed E-state index contributed by atoms with van der Waals surface area (Å²) in [5.74, 6) is -2.11. The number of rotatable bonds is 16. The minimum atomic E-state index is -1.01. The van der Waals surface area contributed by atoms with Crippen molar-refractivity contribution in [1.29, 1.82) is 0 Å².